The van der Waals surface area contributed by atoms with Gasteiger partial charge in [0.15, 0.2) is 0 Å². The highest BCUT2D eigenvalue weighted by Crippen LogP contribution is 2.30. The van der Waals surface area contributed by atoms with E-state index in [4.69, 9.17) is 9.97 Å². The Bertz CT molecular complexity index is 1230. The van der Waals surface area contributed by atoms with Crippen molar-refractivity contribution in [3.63, 3.8) is 0 Å². The van der Waals surface area contributed by atoms with Gasteiger partial charge in [0.1, 0.15) is 22.9 Å². The SMILES string of the molecule is c1ccc(-c2nc3ccccn3c2-c2ccnc(Cc3cccnc3)n2)nc1. The van der Waals surface area contributed by atoms with Crippen molar-refractivity contribution in [2.45, 2.75) is 6.42 Å². The first-order chi connectivity index (χ1) is 13.9. The molecule has 134 valence electrons. The van der Waals surface area contributed by atoms with Crippen molar-refractivity contribution in [3.05, 3.63) is 97.0 Å². The zero-order valence-electron chi connectivity index (χ0n) is 15.0. The number of nitrogens with zero attached hydrogens (tertiary/aromatic N) is 6. The molecule has 0 saturated carbocycles. The summed E-state index contributed by atoms with van der Waals surface area (Å²) in [5.74, 6) is 0.739. The smallest absolute Gasteiger partial charge is 0.138 e. The molecule has 0 saturated heterocycles. The van der Waals surface area contributed by atoms with Gasteiger partial charge in [-0.2, -0.15) is 0 Å². The fourth-order valence-electron chi connectivity index (χ4n) is 3.22. The quantitative estimate of drug-likeness (QED) is 0.485. The Morgan fingerprint density at radius 3 is 2.57 bits per heavy atom. The molecule has 0 aliphatic rings. The van der Waals surface area contributed by atoms with Crippen LogP contribution in [0.4, 0.5) is 0 Å². The normalized spacial score (nSPS) is 11.0. The molecule has 5 aromatic rings. The zero-order chi connectivity index (χ0) is 18.8. The van der Waals surface area contributed by atoms with E-state index in [1.807, 2.05) is 71.4 Å². The van der Waals surface area contributed by atoms with Crippen molar-refractivity contribution < 1.29 is 0 Å². The number of imidazole rings is 1. The molecule has 28 heavy (non-hydrogen) atoms. The molecule has 5 heterocycles. The number of rotatable bonds is 4. The van der Waals surface area contributed by atoms with Crippen LogP contribution in [-0.4, -0.2) is 29.3 Å². The predicted octanol–water partition coefficient (Wildman–Crippen LogP) is 3.84. The first-order valence-corrected chi connectivity index (χ1v) is 8.98. The molecule has 6 heteroatoms. The summed E-state index contributed by atoms with van der Waals surface area (Å²) in [6.07, 6.45) is 9.78. The second-order valence-electron chi connectivity index (χ2n) is 6.35. The fourth-order valence-corrected chi connectivity index (χ4v) is 3.22. The van der Waals surface area contributed by atoms with Crippen LogP contribution in [0.25, 0.3) is 28.4 Å². The summed E-state index contributed by atoms with van der Waals surface area (Å²) in [5.41, 5.74) is 5.26. The number of hydrogen-bond acceptors (Lipinski definition) is 5. The molecular formula is C22H16N6. The summed E-state index contributed by atoms with van der Waals surface area (Å²) in [5, 5.41) is 0. The minimum atomic E-state index is 0.622. The highest BCUT2D eigenvalue weighted by molar-refractivity contribution is 5.78. The van der Waals surface area contributed by atoms with Crippen LogP contribution >= 0.6 is 0 Å². The second kappa shape index (κ2) is 7.00. The van der Waals surface area contributed by atoms with Gasteiger partial charge in [0, 0.05) is 37.4 Å². The Balaban J connectivity index is 1.66. The Labute approximate surface area is 161 Å². The molecule has 0 unspecified atom stereocenters. The van der Waals surface area contributed by atoms with Crippen LogP contribution in [0.1, 0.15) is 11.4 Å². The van der Waals surface area contributed by atoms with Gasteiger partial charge in [-0.15, -0.1) is 0 Å². The lowest BCUT2D eigenvalue weighted by Crippen LogP contribution is -2.00. The lowest BCUT2D eigenvalue weighted by molar-refractivity contribution is 0.960. The van der Waals surface area contributed by atoms with Gasteiger partial charge >= 0.3 is 0 Å². The van der Waals surface area contributed by atoms with Crippen LogP contribution in [0, 0.1) is 0 Å². The van der Waals surface area contributed by atoms with Gasteiger partial charge in [0.25, 0.3) is 0 Å². The third-order valence-corrected chi connectivity index (χ3v) is 4.47. The zero-order valence-corrected chi connectivity index (χ0v) is 15.0. The van der Waals surface area contributed by atoms with Crippen LogP contribution in [0.15, 0.2) is 85.6 Å². The van der Waals surface area contributed by atoms with Crippen LogP contribution < -0.4 is 0 Å². The molecule has 0 amide bonds. The first-order valence-electron chi connectivity index (χ1n) is 8.98. The van der Waals surface area contributed by atoms with E-state index >= 15 is 0 Å². The first kappa shape index (κ1) is 16.3. The van der Waals surface area contributed by atoms with Crippen molar-refractivity contribution >= 4 is 5.65 Å². The van der Waals surface area contributed by atoms with E-state index in [0.717, 1.165) is 39.8 Å². The van der Waals surface area contributed by atoms with Crippen molar-refractivity contribution in [3.8, 4) is 22.8 Å². The Morgan fingerprint density at radius 2 is 1.71 bits per heavy atom. The number of pyridine rings is 3. The van der Waals surface area contributed by atoms with Gasteiger partial charge < -0.3 is 0 Å². The topological polar surface area (TPSA) is 68.9 Å². The van der Waals surface area contributed by atoms with Crippen molar-refractivity contribution in [1.29, 1.82) is 0 Å². The molecule has 5 rings (SSSR count). The van der Waals surface area contributed by atoms with Crippen LogP contribution in [0.5, 0.6) is 0 Å². The van der Waals surface area contributed by atoms with E-state index in [1.165, 1.54) is 0 Å². The molecule has 0 fully saturated rings. The number of fused-ring (bicyclic) bond motifs is 1. The number of hydrogen-bond donors (Lipinski definition) is 0. The minimum Gasteiger partial charge on any atom is -0.298 e. The molecule has 0 bridgehead atoms. The predicted molar refractivity (Wildman–Crippen MR) is 106 cm³/mol. The molecule has 0 aliphatic carbocycles. The third kappa shape index (κ3) is 3.01. The standard InChI is InChI=1S/C22H16N6/c1-3-11-24-17(7-1)21-22(28-13-4-2-8-20(28)27-21)18-9-12-25-19(26-18)14-16-6-5-10-23-15-16/h1-13,15H,14H2. The summed E-state index contributed by atoms with van der Waals surface area (Å²) >= 11 is 0. The fraction of sp³-hybridized carbons (Fsp3) is 0.0455. The van der Waals surface area contributed by atoms with Gasteiger partial charge in [-0.05, 0) is 42.0 Å². The summed E-state index contributed by atoms with van der Waals surface area (Å²) in [7, 11) is 0. The van der Waals surface area contributed by atoms with E-state index in [1.54, 1.807) is 18.6 Å². The van der Waals surface area contributed by atoms with Gasteiger partial charge in [0.05, 0.1) is 11.4 Å². The lowest BCUT2D eigenvalue weighted by atomic mass is 10.1. The largest absolute Gasteiger partial charge is 0.298 e. The van der Waals surface area contributed by atoms with Crippen LogP contribution in [0.3, 0.4) is 0 Å². The van der Waals surface area contributed by atoms with Crippen molar-refractivity contribution in [2.24, 2.45) is 0 Å². The van der Waals surface area contributed by atoms with Crippen LogP contribution in [-0.2, 0) is 6.42 Å². The Kier molecular flexibility index (Phi) is 4.06. The van der Waals surface area contributed by atoms with Gasteiger partial charge in [0.2, 0.25) is 0 Å². The summed E-state index contributed by atoms with van der Waals surface area (Å²) < 4.78 is 2.04. The van der Waals surface area contributed by atoms with Crippen LogP contribution in [0.2, 0.25) is 0 Å². The molecular weight excluding hydrogens is 348 g/mol. The Morgan fingerprint density at radius 1 is 0.750 bits per heavy atom. The van der Waals surface area contributed by atoms with Crippen molar-refractivity contribution in [1.82, 2.24) is 29.3 Å². The molecule has 0 N–H and O–H groups in total. The summed E-state index contributed by atoms with van der Waals surface area (Å²) in [6, 6.07) is 17.6. The monoisotopic (exact) mass is 364 g/mol. The highest BCUT2D eigenvalue weighted by atomic mass is 15.0. The van der Waals surface area contributed by atoms with Crippen molar-refractivity contribution in [2.75, 3.05) is 0 Å². The molecule has 0 aliphatic heterocycles. The third-order valence-electron chi connectivity index (χ3n) is 4.47. The van der Waals surface area contributed by atoms with E-state index in [9.17, 15) is 0 Å². The minimum absolute atomic E-state index is 0.622. The molecule has 0 radical (unpaired) electrons. The maximum Gasteiger partial charge on any atom is 0.138 e. The van der Waals surface area contributed by atoms with Gasteiger partial charge in [-0.1, -0.05) is 18.2 Å². The van der Waals surface area contributed by atoms with Gasteiger partial charge in [-0.3, -0.25) is 14.4 Å². The van der Waals surface area contributed by atoms with Gasteiger partial charge in [-0.25, -0.2) is 15.0 Å². The highest BCUT2D eigenvalue weighted by Gasteiger charge is 2.18. The maximum atomic E-state index is 4.82. The number of aromatic nitrogens is 6. The average Bonchev–Trinajstić information content (AvgIpc) is 3.15. The molecule has 0 spiro atoms. The van der Waals surface area contributed by atoms with E-state index in [-0.39, 0.29) is 0 Å². The lowest BCUT2D eigenvalue weighted by Gasteiger charge is -2.06. The summed E-state index contributed by atoms with van der Waals surface area (Å²) in [4.78, 5) is 22.7. The average molecular weight is 364 g/mol. The molecule has 0 atom stereocenters. The Hall–Kier alpha value is -3.93. The molecule has 6 nitrogen and oxygen atoms in total. The molecule has 5 aromatic heterocycles. The van der Waals surface area contributed by atoms with E-state index in [2.05, 4.69) is 15.0 Å². The second-order valence-corrected chi connectivity index (χ2v) is 6.35. The molecule has 0 aromatic carbocycles. The summed E-state index contributed by atoms with van der Waals surface area (Å²) in [6.45, 7) is 0. The van der Waals surface area contributed by atoms with E-state index in [0.29, 0.717) is 6.42 Å². The maximum absolute atomic E-state index is 4.82. The van der Waals surface area contributed by atoms with E-state index < -0.39 is 0 Å².